The molecule has 1 heterocycles. The van der Waals surface area contributed by atoms with Crippen molar-refractivity contribution in [2.75, 3.05) is 0 Å². The van der Waals surface area contributed by atoms with Gasteiger partial charge in [-0.3, -0.25) is 4.99 Å². The highest BCUT2D eigenvalue weighted by molar-refractivity contribution is 5.50. The van der Waals surface area contributed by atoms with E-state index in [1.807, 2.05) is 0 Å². The molecule has 56 valence electrons. The van der Waals surface area contributed by atoms with E-state index in [9.17, 15) is 5.11 Å². The van der Waals surface area contributed by atoms with Gasteiger partial charge in [-0.15, -0.1) is 0 Å². The van der Waals surface area contributed by atoms with E-state index in [0.29, 0.717) is 0 Å². The molecule has 1 fully saturated rings. The van der Waals surface area contributed by atoms with E-state index in [2.05, 4.69) is 4.99 Å². The highest BCUT2D eigenvalue weighted by Gasteiger charge is 2.32. The fraction of sp³-hybridized carbons (Fsp3) is 0.857. The summed E-state index contributed by atoms with van der Waals surface area (Å²) in [4.78, 5) is 4.10. The third-order valence-corrected chi connectivity index (χ3v) is 2.22. The van der Waals surface area contributed by atoms with Gasteiger partial charge in [0.1, 0.15) is 6.10 Å². The summed E-state index contributed by atoms with van der Waals surface area (Å²) in [7, 11) is 0. The largest absolute Gasteiger partial charge is 0.478 e. The van der Waals surface area contributed by atoms with Crippen LogP contribution in [0.1, 0.15) is 19.3 Å². The van der Waals surface area contributed by atoms with Crippen LogP contribution in [-0.2, 0) is 4.74 Å². The average Bonchev–Trinajstić information content (AvgIpc) is 2.33. The standard InChI is InChI=1S/C7H11NO2/c9-5-1-2-7-6(3-5)8-4-10-7/h4-7,9H,1-3H2. The summed E-state index contributed by atoms with van der Waals surface area (Å²) in [5.74, 6) is 0. The van der Waals surface area contributed by atoms with Crippen LogP contribution in [0, 0.1) is 0 Å². The summed E-state index contributed by atoms with van der Waals surface area (Å²) in [5.41, 5.74) is 0. The molecule has 3 heteroatoms. The summed E-state index contributed by atoms with van der Waals surface area (Å²) in [6.45, 7) is 0. The van der Waals surface area contributed by atoms with Crippen molar-refractivity contribution in [3.8, 4) is 0 Å². The molecule has 1 aliphatic carbocycles. The fourth-order valence-electron chi connectivity index (χ4n) is 1.60. The molecule has 1 saturated carbocycles. The van der Waals surface area contributed by atoms with Crippen molar-refractivity contribution in [3.05, 3.63) is 0 Å². The van der Waals surface area contributed by atoms with Gasteiger partial charge in [0, 0.05) is 0 Å². The Labute approximate surface area is 59.7 Å². The quantitative estimate of drug-likeness (QED) is 0.528. The molecule has 0 radical (unpaired) electrons. The summed E-state index contributed by atoms with van der Waals surface area (Å²) in [6, 6.07) is 0.240. The normalized spacial score (nSPS) is 44.7. The minimum Gasteiger partial charge on any atom is -0.478 e. The Balaban J connectivity index is 2.01. The molecule has 2 rings (SSSR count). The van der Waals surface area contributed by atoms with Crippen LogP contribution >= 0.6 is 0 Å². The Morgan fingerprint density at radius 1 is 1.50 bits per heavy atom. The molecule has 0 aromatic heterocycles. The number of aliphatic imine (C=N–C) groups is 1. The smallest absolute Gasteiger partial charge is 0.170 e. The molecule has 0 aromatic rings. The summed E-state index contributed by atoms with van der Waals surface area (Å²) < 4.78 is 5.20. The average molecular weight is 141 g/mol. The minimum atomic E-state index is -0.153. The number of aliphatic hydroxyl groups is 1. The number of ether oxygens (including phenoxy) is 1. The zero-order valence-electron chi connectivity index (χ0n) is 5.73. The first-order valence-corrected chi connectivity index (χ1v) is 3.71. The molecule has 0 aromatic carbocycles. The summed E-state index contributed by atoms with van der Waals surface area (Å²) in [6.07, 6.45) is 4.23. The van der Waals surface area contributed by atoms with E-state index in [1.54, 1.807) is 0 Å². The van der Waals surface area contributed by atoms with Crippen molar-refractivity contribution in [3.63, 3.8) is 0 Å². The van der Waals surface area contributed by atoms with Gasteiger partial charge < -0.3 is 9.84 Å². The molecule has 3 unspecified atom stereocenters. The molecule has 0 saturated heterocycles. The summed E-state index contributed by atoms with van der Waals surface area (Å²) >= 11 is 0. The van der Waals surface area contributed by atoms with Gasteiger partial charge in [-0.1, -0.05) is 0 Å². The maximum atomic E-state index is 9.23. The molecule has 0 amide bonds. The van der Waals surface area contributed by atoms with Gasteiger partial charge in [0.05, 0.1) is 12.1 Å². The number of nitrogens with zero attached hydrogens (tertiary/aromatic N) is 1. The van der Waals surface area contributed by atoms with Gasteiger partial charge >= 0.3 is 0 Å². The predicted molar refractivity (Wildman–Crippen MR) is 37.0 cm³/mol. The first-order chi connectivity index (χ1) is 4.86. The fourth-order valence-corrected chi connectivity index (χ4v) is 1.60. The number of hydrogen-bond donors (Lipinski definition) is 1. The molecule has 10 heavy (non-hydrogen) atoms. The minimum absolute atomic E-state index is 0.153. The van der Waals surface area contributed by atoms with E-state index in [1.165, 1.54) is 6.40 Å². The van der Waals surface area contributed by atoms with Crippen molar-refractivity contribution >= 4 is 6.40 Å². The Morgan fingerprint density at radius 3 is 3.30 bits per heavy atom. The number of rotatable bonds is 0. The van der Waals surface area contributed by atoms with Crippen molar-refractivity contribution in [2.24, 2.45) is 4.99 Å². The lowest BCUT2D eigenvalue weighted by Gasteiger charge is -2.25. The van der Waals surface area contributed by atoms with Crippen LogP contribution in [0.5, 0.6) is 0 Å². The first kappa shape index (κ1) is 6.16. The van der Waals surface area contributed by atoms with Crippen molar-refractivity contribution in [1.82, 2.24) is 0 Å². The van der Waals surface area contributed by atoms with Gasteiger partial charge in [0.25, 0.3) is 0 Å². The van der Waals surface area contributed by atoms with E-state index < -0.39 is 0 Å². The van der Waals surface area contributed by atoms with Crippen LogP contribution in [0.15, 0.2) is 4.99 Å². The van der Waals surface area contributed by atoms with E-state index in [0.717, 1.165) is 19.3 Å². The first-order valence-electron chi connectivity index (χ1n) is 3.71. The molecule has 1 aliphatic heterocycles. The Hall–Kier alpha value is -0.570. The van der Waals surface area contributed by atoms with Crippen LogP contribution in [0.3, 0.4) is 0 Å². The van der Waals surface area contributed by atoms with Crippen LogP contribution in [0.4, 0.5) is 0 Å². The van der Waals surface area contributed by atoms with Crippen LogP contribution < -0.4 is 0 Å². The topological polar surface area (TPSA) is 41.8 Å². The van der Waals surface area contributed by atoms with E-state index in [4.69, 9.17) is 4.74 Å². The van der Waals surface area contributed by atoms with Crippen molar-refractivity contribution in [2.45, 2.75) is 37.5 Å². The second kappa shape index (κ2) is 2.23. The lowest BCUT2D eigenvalue weighted by molar-refractivity contribution is 0.0642. The zero-order chi connectivity index (χ0) is 6.97. The van der Waals surface area contributed by atoms with Gasteiger partial charge in [0.2, 0.25) is 0 Å². The van der Waals surface area contributed by atoms with Gasteiger partial charge in [0.15, 0.2) is 6.40 Å². The van der Waals surface area contributed by atoms with Gasteiger partial charge in [-0.2, -0.15) is 0 Å². The Morgan fingerprint density at radius 2 is 2.40 bits per heavy atom. The highest BCUT2D eigenvalue weighted by Crippen LogP contribution is 2.26. The van der Waals surface area contributed by atoms with Crippen molar-refractivity contribution in [1.29, 1.82) is 0 Å². The SMILES string of the molecule is OC1CCC2OC=NC2C1. The number of fused-ring (bicyclic) bond motifs is 1. The molecule has 0 bridgehead atoms. The van der Waals surface area contributed by atoms with E-state index in [-0.39, 0.29) is 18.2 Å². The predicted octanol–water partition coefficient (Wildman–Crippen LogP) is 0.327. The zero-order valence-corrected chi connectivity index (χ0v) is 5.73. The van der Waals surface area contributed by atoms with E-state index >= 15 is 0 Å². The molecular formula is C7H11NO2. The second-order valence-electron chi connectivity index (χ2n) is 2.96. The molecular weight excluding hydrogens is 130 g/mol. The van der Waals surface area contributed by atoms with Crippen LogP contribution in [0.2, 0.25) is 0 Å². The molecule has 1 N–H and O–H groups in total. The maximum absolute atomic E-state index is 9.23. The third-order valence-electron chi connectivity index (χ3n) is 2.22. The van der Waals surface area contributed by atoms with Crippen molar-refractivity contribution < 1.29 is 9.84 Å². The van der Waals surface area contributed by atoms with Crippen LogP contribution in [-0.4, -0.2) is 29.8 Å². The number of hydrogen-bond acceptors (Lipinski definition) is 3. The summed E-state index contributed by atoms with van der Waals surface area (Å²) in [5, 5.41) is 9.23. The Kier molecular flexibility index (Phi) is 1.38. The lowest BCUT2D eigenvalue weighted by Crippen LogP contribution is -2.32. The molecule has 2 aliphatic rings. The Bertz CT molecular complexity index is 158. The maximum Gasteiger partial charge on any atom is 0.170 e. The second-order valence-corrected chi connectivity index (χ2v) is 2.96. The molecule has 3 nitrogen and oxygen atoms in total. The highest BCUT2D eigenvalue weighted by atomic mass is 16.5. The third kappa shape index (κ3) is 0.904. The molecule has 0 spiro atoms. The lowest BCUT2D eigenvalue weighted by atomic mass is 9.91. The van der Waals surface area contributed by atoms with Gasteiger partial charge in [-0.05, 0) is 19.3 Å². The molecule has 3 atom stereocenters. The van der Waals surface area contributed by atoms with Crippen LogP contribution in [0.25, 0.3) is 0 Å². The van der Waals surface area contributed by atoms with Gasteiger partial charge in [-0.25, -0.2) is 0 Å². The monoisotopic (exact) mass is 141 g/mol. The number of aliphatic hydroxyl groups excluding tert-OH is 1.